The molecule has 21 heavy (non-hydrogen) atoms. The molecule has 4 heteroatoms. The van der Waals surface area contributed by atoms with Crippen LogP contribution in [-0.2, 0) is 0 Å². The van der Waals surface area contributed by atoms with Gasteiger partial charge in [-0.2, -0.15) is 0 Å². The van der Waals surface area contributed by atoms with Gasteiger partial charge in [0, 0.05) is 11.4 Å². The fourth-order valence-electron chi connectivity index (χ4n) is 3.15. The van der Waals surface area contributed by atoms with E-state index in [0.717, 1.165) is 23.7 Å². The van der Waals surface area contributed by atoms with Gasteiger partial charge in [-0.25, -0.2) is 9.78 Å². The number of carbonyl (C=O) groups is 1. The van der Waals surface area contributed by atoms with Gasteiger partial charge in [-0.05, 0) is 30.4 Å². The summed E-state index contributed by atoms with van der Waals surface area (Å²) < 4.78 is 0. The number of benzene rings is 1. The van der Waals surface area contributed by atoms with Crippen molar-refractivity contribution in [2.45, 2.75) is 39.2 Å². The number of nitrogens with zero attached hydrogens (tertiary/aromatic N) is 1. The SMILES string of the molecule is CC1(C)CCCC1Nc1nc2ccccc2cc1C(=O)O. The Balaban J connectivity index is 2.03. The third-order valence-corrected chi connectivity index (χ3v) is 4.52. The molecule has 1 aromatic heterocycles. The number of aromatic nitrogens is 1. The Bertz CT molecular complexity index is 694. The minimum atomic E-state index is -0.938. The minimum absolute atomic E-state index is 0.170. The number of para-hydroxylation sites is 1. The molecule has 110 valence electrons. The average Bonchev–Trinajstić information content (AvgIpc) is 2.77. The van der Waals surface area contributed by atoms with Gasteiger partial charge in [0.05, 0.1) is 5.52 Å². The summed E-state index contributed by atoms with van der Waals surface area (Å²) in [6, 6.07) is 9.57. The number of nitrogens with one attached hydrogen (secondary N) is 1. The van der Waals surface area contributed by atoms with Crippen molar-refractivity contribution < 1.29 is 9.90 Å². The second-order valence-corrected chi connectivity index (χ2v) is 6.46. The highest BCUT2D eigenvalue weighted by Gasteiger charge is 2.35. The van der Waals surface area contributed by atoms with Gasteiger partial charge in [-0.3, -0.25) is 0 Å². The van der Waals surface area contributed by atoms with Crippen LogP contribution in [0, 0.1) is 5.41 Å². The lowest BCUT2D eigenvalue weighted by molar-refractivity contribution is 0.0697. The molecule has 0 spiro atoms. The Morgan fingerprint density at radius 1 is 1.38 bits per heavy atom. The summed E-state index contributed by atoms with van der Waals surface area (Å²) >= 11 is 0. The van der Waals surface area contributed by atoms with E-state index in [1.807, 2.05) is 24.3 Å². The lowest BCUT2D eigenvalue weighted by Crippen LogP contribution is -2.31. The standard InChI is InChI=1S/C17H20N2O2/c1-17(2)9-5-8-14(17)19-15-12(16(20)21)10-11-6-3-4-7-13(11)18-15/h3-4,6-7,10,14H,5,8-9H2,1-2H3,(H,18,19)(H,20,21). The number of anilines is 1. The number of pyridine rings is 1. The number of carboxylic acid groups (broad SMARTS) is 1. The molecule has 1 atom stereocenters. The molecular weight excluding hydrogens is 264 g/mol. The Kier molecular flexibility index (Phi) is 3.32. The van der Waals surface area contributed by atoms with Crippen molar-refractivity contribution in [1.82, 2.24) is 4.98 Å². The number of rotatable bonds is 3. The summed E-state index contributed by atoms with van der Waals surface area (Å²) in [5, 5.41) is 13.7. The van der Waals surface area contributed by atoms with Crippen LogP contribution in [0.5, 0.6) is 0 Å². The molecule has 0 amide bonds. The van der Waals surface area contributed by atoms with Crippen molar-refractivity contribution in [2.24, 2.45) is 5.41 Å². The van der Waals surface area contributed by atoms with Crippen molar-refractivity contribution in [3.8, 4) is 0 Å². The van der Waals surface area contributed by atoms with E-state index >= 15 is 0 Å². The third kappa shape index (κ3) is 2.58. The van der Waals surface area contributed by atoms with Crippen LogP contribution in [0.15, 0.2) is 30.3 Å². The summed E-state index contributed by atoms with van der Waals surface area (Å²) in [6.45, 7) is 4.44. The van der Waals surface area contributed by atoms with Gasteiger partial charge in [0.1, 0.15) is 11.4 Å². The number of hydrogen-bond acceptors (Lipinski definition) is 3. The molecule has 1 unspecified atom stereocenters. The van der Waals surface area contributed by atoms with Gasteiger partial charge < -0.3 is 10.4 Å². The predicted molar refractivity (Wildman–Crippen MR) is 83.7 cm³/mol. The highest BCUT2D eigenvalue weighted by atomic mass is 16.4. The Morgan fingerprint density at radius 3 is 2.81 bits per heavy atom. The van der Waals surface area contributed by atoms with Crippen molar-refractivity contribution in [2.75, 3.05) is 5.32 Å². The van der Waals surface area contributed by atoms with E-state index in [2.05, 4.69) is 24.1 Å². The first kappa shape index (κ1) is 13.9. The monoisotopic (exact) mass is 284 g/mol. The first-order chi connectivity index (χ1) is 9.97. The van der Waals surface area contributed by atoms with Gasteiger partial charge in [0.2, 0.25) is 0 Å². The van der Waals surface area contributed by atoms with Crippen LogP contribution in [0.25, 0.3) is 10.9 Å². The van der Waals surface area contributed by atoms with Gasteiger partial charge in [0.25, 0.3) is 0 Å². The quantitative estimate of drug-likeness (QED) is 0.896. The number of hydrogen-bond donors (Lipinski definition) is 2. The molecule has 1 aliphatic rings. The lowest BCUT2D eigenvalue weighted by atomic mass is 9.87. The first-order valence-corrected chi connectivity index (χ1v) is 7.37. The Morgan fingerprint density at radius 2 is 2.14 bits per heavy atom. The maximum Gasteiger partial charge on any atom is 0.339 e. The summed E-state index contributed by atoms with van der Waals surface area (Å²) in [6.07, 6.45) is 3.38. The van der Waals surface area contributed by atoms with Crippen LogP contribution < -0.4 is 5.32 Å². The molecule has 0 bridgehead atoms. The molecule has 1 saturated carbocycles. The molecule has 0 aliphatic heterocycles. The molecule has 1 heterocycles. The second kappa shape index (κ2) is 5.02. The largest absolute Gasteiger partial charge is 0.478 e. The van der Waals surface area contributed by atoms with Crippen LogP contribution in [0.4, 0.5) is 5.82 Å². The molecule has 0 radical (unpaired) electrons. The summed E-state index contributed by atoms with van der Waals surface area (Å²) in [7, 11) is 0. The number of aromatic carboxylic acids is 1. The number of fused-ring (bicyclic) bond motifs is 1. The third-order valence-electron chi connectivity index (χ3n) is 4.52. The zero-order valence-corrected chi connectivity index (χ0v) is 12.4. The molecule has 3 rings (SSSR count). The zero-order valence-electron chi connectivity index (χ0n) is 12.4. The van der Waals surface area contributed by atoms with Gasteiger partial charge in [0.15, 0.2) is 0 Å². The van der Waals surface area contributed by atoms with E-state index in [-0.39, 0.29) is 17.0 Å². The maximum absolute atomic E-state index is 11.5. The summed E-state index contributed by atoms with van der Waals surface area (Å²) in [5.41, 5.74) is 1.24. The molecule has 4 nitrogen and oxygen atoms in total. The highest BCUT2D eigenvalue weighted by molar-refractivity contribution is 5.98. The molecule has 1 aliphatic carbocycles. The van der Waals surface area contributed by atoms with E-state index in [9.17, 15) is 9.90 Å². The summed E-state index contributed by atoms with van der Waals surface area (Å²) in [4.78, 5) is 16.1. The first-order valence-electron chi connectivity index (χ1n) is 7.37. The van der Waals surface area contributed by atoms with E-state index in [1.54, 1.807) is 6.07 Å². The highest BCUT2D eigenvalue weighted by Crippen LogP contribution is 2.39. The minimum Gasteiger partial charge on any atom is -0.478 e. The van der Waals surface area contributed by atoms with Gasteiger partial charge >= 0.3 is 5.97 Å². The molecule has 0 saturated heterocycles. The Labute approximate surface area is 124 Å². The Hall–Kier alpha value is -2.10. The van der Waals surface area contributed by atoms with Crippen molar-refractivity contribution in [1.29, 1.82) is 0 Å². The second-order valence-electron chi connectivity index (χ2n) is 6.46. The average molecular weight is 284 g/mol. The molecule has 1 aromatic carbocycles. The molecule has 2 aromatic rings. The van der Waals surface area contributed by atoms with E-state index in [4.69, 9.17) is 0 Å². The van der Waals surface area contributed by atoms with Gasteiger partial charge in [-0.1, -0.05) is 38.5 Å². The van der Waals surface area contributed by atoms with Crippen molar-refractivity contribution in [3.63, 3.8) is 0 Å². The fraction of sp³-hybridized carbons (Fsp3) is 0.412. The zero-order chi connectivity index (χ0) is 15.0. The predicted octanol–water partition coefficient (Wildman–Crippen LogP) is 3.92. The van der Waals surface area contributed by atoms with Crippen LogP contribution in [0.3, 0.4) is 0 Å². The van der Waals surface area contributed by atoms with Crippen molar-refractivity contribution >= 4 is 22.7 Å². The summed E-state index contributed by atoms with van der Waals surface area (Å²) in [5.74, 6) is -0.451. The van der Waals surface area contributed by atoms with E-state index in [0.29, 0.717) is 5.82 Å². The molecule has 2 N–H and O–H groups in total. The van der Waals surface area contributed by atoms with Crippen molar-refractivity contribution in [3.05, 3.63) is 35.9 Å². The van der Waals surface area contributed by atoms with Gasteiger partial charge in [-0.15, -0.1) is 0 Å². The van der Waals surface area contributed by atoms with Crippen LogP contribution in [0.2, 0.25) is 0 Å². The lowest BCUT2D eigenvalue weighted by Gasteiger charge is -2.28. The van der Waals surface area contributed by atoms with Crippen LogP contribution >= 0.6 is 0 Å². The fourth-order valence-corrected chi connectivity index (χ4v) is 3.15. The van der Waals surface area contributed by atoms with Crippen LogP contribution in [0.1, 0.15) is 43.5 Å². The van der Waals surface area contributed by atoms with Crippen LogP contribution in [-0.4, -0.2) is 22.1 Å². The van der Waals surface area contributed by atoms with E-state index < -0.39 is 5.97 Å². The maximum atomic E-state index is 11.5. The topological polar surface area (TPSA) is 62.2 Å². The smallest absolute Gasteiger partial charge is 0.339 e. The van der Waals surface area contributed by atoms with E-state index in [1.165, 1.54) is 6.42 Å². The molecular formula is C17H20N2O2. The normalized spacial score (nSPS) is 20.6. The molecule has 1 fully saturated rings. The number of carboxylic acids is 1.